The Hall–Kier alpha value is -3.74. The van der Waals surface area contributed by atoms with Crippen LogP contribution >= 0.6 is 0 Å². The number of hydrogen-bond acceptors (Lipinski definition) is 5. The van der Waals surface area contributed by atoms with Gasteiger partial charge in [-0.15, -0.1) is 0 Å². The highest BCUT2D eigenvalue weighted by Crippen LogP contribution is 2.28. The van der Waals surface area contributed by atoms with Gasteiger partial charge in [0.05, 0.1) is 24.4 Å². The van der Waals surface area contributed by atoms with Gasteiger partial charge in [0.2, 0.25) is 0 Å². The van der Waals surface area contributed by atoms with Crippen LogP contribution in [0.3, 0.4) is 0 Å². The van der Waals surface area contributed by atoms with Crippen LogP contribution in [0.1, 0.15) is 29.8 Å². The number of para-hydroxylation sites is 2. The van der Waals surface area contributed by atoms with Crippen LogP contribution in [0.5, 0.6) is 5.75 Å². The van der Waals surface area contributed by atoms with Crippen molar-refractivity contribution in [1.82, 2.24) is 10.3 Å². The van der Waals surface area contributed by atoms with Gasteiger partial charge in [0.1, 0.15) is 17.3 Å². The lowest BCUT2D eigenvalue weighted by Gasteiger charge is -2.27. The van der Waals surface area contributed by atoms with Crippen LogP contribution in [-0.2, 0) is 0 Å². The highest BCUT2D eigenvalue weighted by atomic mass is 19.1. The Bertz CT molecular complexity index is 1190. The fourth-order valence-corrected chi connectivity index (χ4v) is 3.81. The molecule has 1 aliphatic rings. The van der Waals surface area contributed by atoms with E-state index in [4.69, 9.17) is 10.5 Å². The van der Waals surface area contributed by atoms with E-state index in [0.29, 0.717) is 35.4 Å². The fraction of sp³-hybridized carbons (Fsp3) is 0.208. The Balaban J connectivity index is 1.61. The minimum absolute atomic E-state index is 0.254. The number of nitrogens with zero attached hydrogens (tertiary/aromatic N) is 2. The second-order valence-corrected chi connectivity index (χ2v) is 7.28. The molecule has 3 N–H and O–H groups in total. The third-order valence-corrected chi connectivity index (χ3v) is 5.34. The molecule has 0 bridgehead atoms. The smallest absolute Gasteiger partial charge is 0.270 e. The summed E-state index contributed by atoms with van der Waals surface area (Å²) < 4.78 is 19.5. The molecule has 0 spiro atoms. The minimum atomic E-state index is -0.398. The summed E-state index contributed by atoms with van der Waals surface area (Å²) in [7, 11) is 1.56. The average molecular weight is 418 g/mol. The standard InChI is InChI=1S/C24H23FN4O2/c1-31-23-13-22(28-18-9-4-2-7-15(18)23)24(30)29-20-12-6-11-19(16(20)14-26)27-21-10-5-3-8-17(21)25/h2-5,7-10,13-14,20H,6,11-12,26H2,1H3,(H,29,30)/t20-/m1/s1. The van der Waals surface area contributed by atoms with E-state index in [0.717, 1.165) is 11.8 Å². The van der Waals surface area contributed by atoms with Crippen LogP contribution in [0.4, 0.5) is 10.1 Å². The molecule has 1 aromatic heterocycles. The molecule has 6 nitrogen and oxygen atoms in total. The van der Waals surface area contributed by atoms with Crippen molar-refractivity contribution in [2.24, 2.45) is 10.7 Å². The normalized spacial score (nSPS) is 19.0. The van der Waals surface area contributed by atoms with Crippen molar-refractivity contribution < 1.29 is 13.9 Å². The van der Waals surface area contributed by atoms with E-state index in [9.17, 15) is 9.18 Å². The number of amides is 1. The first-order chi connectivity index (χ1) is 15.1. The molecule has 4 rings (SSSR count). The summed E-state index contributed by atoms with van der Waals surface area (Å²) in [4.78, 5) is 22.0. The zero-order valence-corrected chi connectivity index (χ0v) is 17.1. The van der Waals surface area contributed by atoms with Gasteiger partial charge in [-0.25, -0.2) is 14.4 Å². The maximum Gasteiger partial charge on any atom is 0.270 e. The van der Waals surface area contributed by atoms with Crippen molar-refractivity contribution in [3.8, 4) is 5.75 Å². The molecule has 3 aromatic rings. The first kappa shape index (κ1) is 20.5. The van der Waals surface area contributed by atoms with Crippen LogP contribution in [-0.4, -0.2) is 29.8 Å². The molecule has 1 atom stereocenters. The number of hydrogen-bond donors (Lipinski definition) is 2. The van der Waals surface area contributed by atoms with Crippen LogP contribution in [0.2, 0.25) is 0 Å². The van der Waals surface area contributed by atoms with Crippen LogP contribution in [0, 0.1) is 5.82 Å². The number of aromatic nitrogens is 1. The number of halogens is 1. The molecule has 7 heteroatoms. The number of rotatable bonds is 4. The molecule has 0 saturated heterocycles. The summed E-state index contributed by atoms with van der Waals surface area (Å²) in [5, 5.41) is 3.84. The molecule has 1 fully saturated rings. The average Bonchev–Trinajstić information content (AvgIpc) is 2.80. The monoisotopic (exact) mass is 418 g/mol. The maximum absolute atomic E-state index is 14.1. The summed E-state index contributed by atoms with van der Waals surface area (Å²) in [5.74, 6) is -0.152. The van der Waals surface area contributed by atoms with Gasteiger partial charge < -0.3 is 15.8 Å². The Morgan fingerprint density at radius 3 is 2.81 bits per heavy atom. The molecular formula is C24H23FN4O2. The Morgan fingerprint density at radius 2 is 2.03 bits per heavy atom. The number of fused-ring (bicyclic) bond motifs is 1. The van der Waals surface area contributed by atoms with Gasteiger partial charge in [0.15, 0.2) is 0 Å². The Labute approximate surface area is 179 Å². The molecular weight excluding hydrogens is 395 g/mol. The molecule has 1 heterocycles. The second-order valence-electron chi connectivity index (χ2n) is 7.28. The number of nitrogens with one attached hydrogen (secondary N) is 1. The highest BCUT2D eigenvalue weighted by Gasteiger charge is 2.27. The van der Waals surface area contributed by atoms with Gasteiger partial charge in [-0.3, -0.25) is 4.79 Å². The van der Waals surface area contributed by atoms with Crippen molar-refractivity contribution >= 4 is 28.2 Å². The molecule has 1 amide bonds. The molecule has 31 heavy (non-hydrogen) atoms. The number of carbonyl (C=O) groups excluding carboxylic acids is 1. The van der Waals surface area contributed by atoms with Crippen molar-refractivity contribution in [1.29, 1.82) is 0 Å². The number of carbonyl (C=O) groups is 1. The molecule has 1 aliphatic carbocycles. The lowest BCUT2D eigenvalue weighted by atomic mass is 9.88. The first-order valence-corrected chi connectivity index (χ1v) is 10.1. The SMILES string of the molecule is COc1cc(C(=O)N[C@@H]2CCCC(=Nc3ccccc3F)C2=CN)nc2ccccc12. The molecule has 0 unspecified atom stereocenters. The number of aliphatic imine (C=N–C) groups is 1. The van der Waals surface area contributed by atoms with Crippen molar-refractivity contribution in [3.05, 3.63) is 77.9 Å². The molecule has 0 radical (unpaired) electrons. The third-order valence-electron chi connectivity index (χ3n) is 5.34. The van der Waals surface area contributed by atoms with Crippen LogP contribution in [0.15, 0.2) is 71.4 Å². The van der Waals surface area contributed by atoms with E-state index in [1.165, 1.54) is 12.3 Å². The Kier molecular flexibility index (Phi) is 5.93. The first-order valence-electron chi connectivity index (χ1n) is 10.1. The number of nitrogens with two attached hydrogens (primary N) is 1. The van der Waals surface area contributed by atoms with Crippen molar-refractivity contribution in [2.75, 3.05) is 7.11 Å². The lowest BCUT2D eigenvalue weighted by molar-refractivity contribution is 0.0936. The zero-order chi connectivity index (χ0) is 21.8. The summed E-state index contributed by atoms with van der Waals surface area (Å²) in [6.45, 7) is 0. The van der Waals surface area contributed by atoms with E-state index < -0.39 is 5.82 Å². The van der Waals surface area contributed by atoms with E-state index in [-0.39, 0.29) is 23.3 Å². The van der Waals surface area contributed by atoms with E-state index in [1.807, 2.05) is 24.3 Å². The summed E-state index contributed by atoms with van der Waals surface area (Å²) >= 11 is 0. The minimum Gasteiger partial charge on any atom is -0.496 e. The summed E-state index contributed by atoms with van der Waals surface area (Å²) in [6.07, 6.45) is 3.60. The molecule has 158 valence electrons. The molecule has 0 aliphatic heterocycles. The highest BCUT2D eigenvalue weighted by molar-refractivity contribution is 6.04. The number of methoxy groups -OCH3 is 1. The largest absolute Gasteiger partial charge is 0.496 e. The quantitative estimate of drug-likeness (QED) is 0.662. The lowest BCUT2D eigenvalue weighted by Crippen LogP contribution is -2.41. The maximum atomic E-state index is 14.1. The summed E-state index contributed by atoms with van der Waals surface area (Å²) in [5.41, 5.74) is 8.43. The summed E-state index contributed by atoms with van der Waals surface area (Å²) in [6, 6.07) is 15.1. The molecule has 1 saturated carbocycles. The van der Waals surface area contributed by atoms with E-state index >= 15 is 0 Å². The predicted molar refractivity (Wildman–Crippen MR) is 119 cm³/mol. The zero-order valence-electron chi connectivity index (χ0n) is 17.1. The van der Waals surface area contributed by atoms with Gasteiger partial charge >= 0.3 is 0 Å². The van der Waals surface area contributed by atoms with E-state index in [2.05, 4.69) is 15.3 Å². The van der Waals surface area contributed by atoms with Crippen molar-refractivity contribution in [3.63, 3.8) is 0 Å². The fourth-order valence-electron chi connectivity index (χ4n) is 3.81. The van der Waals surface area contributed by atoms with Gasteiger partial charge in [-0.05, 0) is 43.5 Å². The number of ether oxygens (including phenoxy) is 1. The number of benzene rings is 2. The predicted octanol–water partition coefficient (Wildman–Crippen LogP) is 4.28. The van der Waals surface area contributed by atoms with E-state index in [1.54, 1.807) is 31.4 Å². The van der Waals surface area contributed by atoms with Crippen LogP contribution < -0.4 is 15.8 Å². The number of pyridine rings is 1. The topological polar surface area (TPSA) is 89.6 Å². The van der Waals surface area contributed by atoms with Gasteiger partial charge in [-0.1, -0.05) is 24.3 Å². The van der Waals surface area contributed by atoms with Gasteiger partial charge in [0, 0.05) is 28.9 Å². The second kappa shape index (κ2) is 8.95. The third kappa shape index (κ3) is 4.26. The van der Waals surface area contributed by atoms with Gasteiger partial charge in [-0.2, -0.15) is 0 Å². The van der Waals surface area contributed by atoms with Crippen LogP contribution in [0.25, 0.3) is 10.9 Å². The van der Waals surface area contributed by atoms with Crippen molar-refractivity contribution in [2.45, 2.75) is 25.3 Å². The van der Waals surface area contributed by atoms with Gasteiger partial charge in [0.25, 0.3) is 5.91 Å². The molecule has 2 aromatic carbocycles. The Morgan fingerprint density at radius 1 is 1.26 bits per heavy atom.